The van der Waals surface area contributed by atoms with Crippen molar-refractivity contribution in [3.63, 3.8) is 0 Å². The van der Waals surface area contributed by atoms with Crippen LogP contribution in [0.2, 0.25) is 0 Å². The second-order valence-electron chi connectivity index (χ2n) is 6.42. The molecule has 28 heavy (non-hydrogen) atoms. The summed E-state index contributed by atoms with van der Waals surface area (Å²) in [5.41, 5.74) is 4.19. The van der Waals surface area contributed by atoms with Gasteiger partial charge in [0.15, 0.2) is 0 Å². The number of benzene rings is 2. The van der Waals surface area contributed by atoms with E-state index in [-0.39, 0.29) is 18.0 Å². The molecule has 2 aromatic heterocycles. The number of nitrogens with one attached hydrogen (secondary N) is 2. The smallest absolute Gasteiger partial charge is 0.240 e. The Kier molecular flexibility index (Phi) is 4.95. The van der Waals surface area contributed by atoms with Gasteiger partial charge in [-0.05, 0) is 52.6 Å². The van der Waals surface area contributed by atoms with E-state index in [4.69, 9.17) is 0 Å². The Bertz CT molecular complexity index is 1220. The summed E-state index contributed by atoms with van der Waals surface area (Å²) in [6.45, 7) is 0.141. The Morgan fingerprint density at radius 2 is 1.82 bits per heavy atom. The van der Waals surface area contributed by atoms with Crippen molar-refractivity contribution >= 4 is 21.1 Å². The first-order valence-corrected chi connectivity index (χ1v) is 10.3. The van der Waals surface area contributed by atoms with Crippen LogP contribution in [0, 0.1) is 0 Å². The molecule has 0 saturated heterocycles. The van der Waals surface area contributed by atoms with Crippen LogP contribution >= 0.6 is 0 Å². The Balaban J connectivity index is 1.52. The molecule has 0 bridgehead atoms. The van der Waals surface area contributed by atoms with Crippen molar-refractivity contribution in [3.05, 3.63) is 84.2 Å². The zero-order valence-electron chi connectivity index (χ0n) is 15.0. The summed E-state index contributed by atoms with van der Waals surface area (Å²) in [7, 11) is -3.64. The first-order chi connectivity index (χ1) is 13.6. The number of rotatable bonds is 6. The van der Waals surface area contributed by atoms with Crippen LogP contribution in [0.3, 0.4) is 0 Å². The van der Waals surface area contributed by atoms with E-state index in [9.17, 15) is 13.5 Å². The summed E-state index contributed by atoms with van der Waals surface area (Å²) >= 11 is 0. The van der Waals surface area contributed by atoms with Crippen molar-refractivity contribution in [3.8, 4) is 11.1 Å². The third-order valence-corrected chi connectivity index (χ3v) is 6.01. The van der Waals surface area contributed by atoms with E-state index in [1.165, 1.54) is 0 Å². The van der Waals surface area contributed by atoms with Gasteiger partial charge in [0, 0.05) is 24.3 Å². The minimum atomic E-state index is -3.64. The summed E-state index contributed by atoms with van der Waals surface area (Å²) in [4.78, 5) is 7.44. The number of sulfonamides is 1. The predicted octanol–water partition coefficient (Wildman–Crippen LogP) is 3.20. The summed E-state index contributed by atoms with van der Waals surface area (Å²) < 4.78 is 27.9. The van der Waals surface area contributed by atoms with Gasteiger partial charge in [-0.3, -0.25) is 0 Å². The fourth-order valence-corrected chi connectivity index (χ4v) is 4.10. The lowest BCUT2D eigenvalue weighted by atomic mass is 10.0. The molecule has 2 aromatic carbocycles. The van der Waals surface area contributed by atoms with Crippen LogP contribution < -0.4 is 4.72 Å². The molecule has 2 heterocycles. The summed E-state index contributed by atoms with van der Waals surface area (Å²) in [5, 5.41) is 10.2. The second kappa shape index (κ2) is 7.55. The summed E-state index contributed by atoms with van der Waals surface area (Å²) in [5.74, 6) is 0. The fraction of sp³-hybridized carbons (Fsp3) is 0.0952. The minimum Gasteiger partial charge on any atom is -0.392 e. The van der Waals surface area contributed by atoms with Crippen LogP contribution in [0.5, 0.6) is 0 Å². The molecule has 0 aliphatic heterocycles. The average molecular weight is 393 g/mol. The number of aromatic amines is 1. The molecule has 7 heteroatoms. The SMILES string of the molecule is O=S(=O)(NCc1c[nH]c2ncccc12)c1ccc(-c2cccc(CO)c2)cc1. The van der Waals surface area contributed by atoms with Gasteiger partial charge in [0.05, 0.1) is 11.5 Å². The van der Waals surface area contributed by atoms with E-state index in [0.29, 0.717) is 0 Å². The van der Waals surface area contributed by atoms with Crippen LogP contribution in [0.15, 0.2) is 78.0 Å². The number of H-pyrrole nitrogens is 1. The number of pyridine rings is 1. The predicted molar refractivity (Wildman–Crippen MR) is 108 cm³/mol. The van der Waals surface area contributed by atoms with Crippen LogP contribution in [-0.2, 0) is 23.2 Å². The molecule has 4 aromatic rings. The Morgan fingerprint density at radius 3 is 2.61 bits per heavy atom. The average Bonchev–Trinajstić information content (AvgIpc) is 3.16. The number of hydrogen-bond acceptors (Lipinski definition) is 4. The third-order valence-electron chi connectivity index (χ3n) is 4.60. The number of hydrogen-bond donors (Lipinski definition) is 3. The molecule has 0 aliphatic rings. The molecule has 0 aliphatic carbocycles. The summed E-state index contributed by atoms with van der Waals surface area (Å²) in [6, 6.07) is 17.9. The quantitative estimate of drug-likeness (QED) is 0.469. The molecule has 0 radical (unpaired) electrons. The highest BCUT2D eigenvalue weighted by molar-refractivity contribution is 7.89. The van der Waals surface area contributed by atoms with Crippen LogP contribution in [0.25, 0.3) is 22.2 Å². The monoisotopic (exact) mass is 393 g/mol. The number of nitrogens with zero attached hydrogens (tertiary/aromatic N) is 1. The van der Waals surface area contributed by atoms with E-state index in [0.717, 1.165) is 33.3 Å². The van der Waals surface area contributed by atoms with Gasteiger partial charge in [-0.2, -0.15) is 0 Å². The van der Waals surface area contributed by atoms with Crippen molar-refractivity contribution < 1.29 is 13.5 Å². The maximum atomic E-state index is 12.6. The van der Waals surface area contributed by atoms with Gasteiger partial charge in [-0.15, -0.1) is 0 Å². The molecule has 6 nitrogen and oxygen atoms in total. The Hall–Kier alpha value is -3.00. The molecule has 0 atom stereocenters. The van der Waals surface area contributed by atoms with Gasteiger partial charge in [0.25, 0.3) is 0 Å². The number of aliphatic hydroxyl groups excluding tert-OH is 1. The minimum absolute atomic E-state index is 0.0341. The Morgan fingerprint density at radius 1 is 1.00 bits per heavy atom. The van der Waals surface area contributed by atoms with Gasteiger partial charge >= 0.3 is 0 Å². The van der Waals surface area contributed by atoms with E-state index in [2.05, 4.69) is 14.7 Å². The number of fused-ring (bicyclic) bond motifs is 1. The molecule has 142 valence electrons. The first kappa shape index (κ1) is 18.4. The third kappa shape index (κ3) is 3.68. The van der Waals surface area contributed by atoms with E-state index >= 15 is 0 Å². The molecule has 0 unspecified atom stereocenters. The van der Waals surface area contributed by atoms with Crippen molar-refractivity contribution in [2.75, 3.05) is 0 Å². The number of aromatic nitrogens is 2. The molecular weight excluding hydrogens is 374 g/mol. The number of aliphatic hydroxyl groups is 1. The highest BCUT2D eigenvalue weighted by Gasteiger charge is 2.15. The largest absolute Gasteiger partial charge is 0.392 e. The summed E-state index contributed by atoms with van der Waals surface area (Å²) in [6.07, 6.45) is 3.45. The highest BCUT2D eigenvalue weighted by atomic mass is 32.2. The van der Waals surface area contributed by atoms with Crippen molar-refractivity contribution in [2.45, 2.75) is 18.0 Å². The van der Waals surface area contributed by atoms with Crippen molar-refractivity contribution in [1.29, 1.82) is 0 Å². The lowest BCUT2D eigenvalue weighted by molar-refractivity contribution is 0.282. The van der Waals surface area contributed by atoms with E-state index in [1.807, 2.05) is 36.4 Å². The molecule has 4 rings (SSSR count). The lowest BCUT2D eigenvalue weighted by Gasteiger charge is -2.08. The molecular formula is C21H19N3O3S. The lowest BCUT2D eigenvalue weighted by Crippen LogP contribution is -2.23. The van der Waals surface area contributed by atoms with Crippen LogP contribution in [0.1, 0.15) is 11.1 Å². The van der Waals surface area contributed by atoms with Gasteiger partial charge < -0.3 is 10.1 Å². The normalized spacial score (nSPS) is 11.8. The zero-order valence-corrected chi connectivity index (χ0v) is 15.8. The van der Waals surface area contributed by atoms with Crippen LogP contribution in [-0.4, -0.2) is 23.5 Å². The topological polar surface area (TPSA) is 95.1 Å². The molecule has 3 N–H and O–H groups in total. The fourth-order valence-electron chi connectivity index (χ4n) is 3.09. The van der Waals surface area contributed by atoms with E-state index < -0.39 is 10.0 Å². The molecule has 0 amide bonds. The van der Waals surface area contributed by atoms with Crippen molar-refractivity contribution in [1.82, 2.24) is 14.7 Å². The van der Waals surface area contributed by atoms with Gasteiger partial charge in [-0.25, -0.2) is 18.1 Å². The maximum absolute atomic E-state index is 12.6. The second-order valence-corrected chi connectivity index (χ2v) is 8.19. The molecule has 0 saturated carbocycles. The van der Waals surface area contributed by atoms with E-state index in [1.54, 1.807) is 36.7 Å². The van der Waals surface area contributed by atoms with Gasteiger partial charge in [0.2, 0.25) is 10.0 Å². The molecule has 0 spiro atoms. The van der Waals surface area contributed by atoms with Crippen LogP contribution in [0.4, 0.5) is 0 Å². The molecule has 0 fully saturated rings. The van der Waals surface area contributed by atoms with Gasteiger partial charge in [-0.1, -0.05) is 30.3 Å². The Labute approximate surface area is 162 Å². The van der Waals surface area contributed by atoms with Gasteiger partial charge in [0.1, 0.15) is 5.65 Å². The standard InChI is InChI=1S/C21H19N3O3S/c25-14-15-3-1-4-17(11-15)16-6-8-19(9-7-16)28(26,27)24-13-18-12-23-21-20(18)5-2-10-22-21/h1-12,24-25H,13-14H2,(H,22,23). The van der Waals surface area contributed by atoms with Crippen molar-refractivity contribution in [2.24, 2.45) is 0 Å². The maximum Gasteiger partial charge on any atom is 0.240 e. The zero-order chi connectivity index (χ0) is 19.6. The highest BCUT2D eigenvalue weighted by Crippen LogP contribution is 2.23. The first-order valence-electron chi connectivity index (χ1n) is 8.78.